The van der Waals surface area contributed by atoms with Gasteiger partial charge in [-0.25, -0.2) is 0 Å². The number of carbonyl (C=O) groups is 1. The van der Waals surface area contributed by atoms with Gasteiger partial charge in [-0.3, -0.25) is 4.79 Å². The van der Waals surface area contributed by atoms with E-state index in [2.05, 4.69) is 26.6 Å². The van der Waals surface area contributed by atoms with Crippen molar-refractivity contribution in [3.05, 3.63) is 28.7 Å². The minimum absolute atomic E-state index is 0.0207. The second kappa shape index (κ2) is 8.39. The number of ether oxygens (including phenoxy) is 1. The van der Waals surface area contributed by atoms with Crippen molar-refractivity contribution in [3.8, 4) is 0 Å². The normalized spacial score (nSPS) is 18.8. The lowest BCUT2D eigenvalue weighted by atomic mass is 10.1. The number of benzene rings is 1. The maximum Gasteiger partial charge on any atom is 0.238 e. The van der Waals surface area contributed by atoms with E-state index in [0.29, 0.717) is 12.6 Å². The van der Waals surface area contributed by atoms with Gasteiger partial charge in [0.1, 0.15) is 0 Å². The summed E-state index contributed by atoms with van der Waals surface area (Å²) in [5, 5.41) is 6.02. The highest BCUT2D eigenvalue weighted by Crippen LogP contribution is 2.16. The molecule has 1 atom stereocenters. The SMILES string of the molecule is O=C(CNCCC1CCCCO1)Nc1cccc(Br)c1. The smallest absolute Gasteiger partial charge is 0.238 e. The zero-order valence-corrected chi connectivity index (χ0v) is 13.1. The average Bonchev–Trinajstić information content (AvgIpc) is 2.45. The number of nitrogens with one attached hydrogen (secondary N) is 2. The van der Waals surface area contributed by atoms with Gasteiger partial charge in [-0.1, -0.05) is 22.0 Å². The summed E-state index contributed by atoms with van der Waals surface area (Å²) in [6.07, 6.45) is 4.92. The van der Waals surface area contributed by atoms with Crippen molar-refractivity contribution in [2.75, 3.05) is 25.0 Å². The molecule has 1 amide bonds. The maximum atomic E-state index is 11.8. The molecule has 1 heterocycles. The number of carbonyl (C=O) groups excluding carboxylic acids is 1. The molecule has 4 nitrogen and oxygen atoms in total. The van der Waals surface area contributed by atoms with E-state index in [0.717, 1.165) is 36.2 Å². The van der Waals surface area contributed by atoms with Crippen LogP contribution in [0.25, 0.3) is 0 Å². The van der Waals surface area contributed by atoms with Crippen LogP contribution in [0.5, 0.6) is 0 Å². The molecule has 0 saturated carbocycles. The van der Waals surface area contributed by atoms with Crippen molar-refractivity contribution in [1.82, 2.24) is 5.32 Å². The topological polar surface area (TPSA) is 50.4 Å². The second-order valence-electron chi connectivity index (χ2n) is 5.01. The molecule has 2 N–H and O–H groups in total. The van der Waals surface area contributed by atoms with E-state index >= 15 is 0 Å². The van der Waals surface area contributed by atoms with Gasteiger partial charge in [0.15, 0.2) is 0 Å². The Kier molecular flexibility index (Phi) is 6.50. The Morgan fingerprint density at radius 3 is 3.05 bits per heavy atom. The van der Waals surface area contributed by atoms with Gasteiger partial charge in [0.05, 0.1) is 12.6 Å². The van der Waals surface area contributed by atoms with Crippen LogP contribution in [0.15, 0.2) is 28.7 Å². The summed E-state index contributed by atoms with van der Waals surface area (Å²) in [6, 6.07) is 7.58. The van der Waals surface area contributed by atoms with Crippen LogP contribution < -0.4 is 10.6 Å². The Hall–Kier alpha value is -0.910. The fraction of sp³-hybridized carbons (Fsp3) is 0.533. The molecule has 1 aromatic carbocycles. The van der Waals surface area contributed by atoms with Crippen molar-refractivity contribution in [2.45, 2.75) is 31.8 Å². The molecule has 1 aliphatic rings. The lowest BCUT2D eigenvalue weighted by Crippen LogP contribution is -2.31. The van der Waals surface area contributed by atoms with Gasteiger partial charge in [-0.15, -0.1) is 0 Å². The fourth-order valence-electron chi connectivity index (χ4n) is 2.27. The van der Waals surface area contributed by atoms with Gasteiger partial charge in [0.25, 0.3) is 0 Å². The number of hydrogen-bond donors (Lipinski definition) is 2. The zero-order chi connectivity index (χ0) is 14.2. The molecule has 0 aromatic heterocycles. The molecule has 1 unspecified atom stereocenters. The van der Waals surface area contributed by atoms with Crippen molar-refractivity contribution in [2.24, 2.45) is 0 Å². The van der Waals surface area contributed by atoms with Crippen molar-refractivity contribution >= 4 is 27.5 Å². The largest absolute Gasteiger partial charge is 0.378 e. The first-order valence-electron chi connectivity index (χ1n) is 7.12. The first-order valence-corrected chi connectivity index (χ1v) is 7.91. The highest BCUT2D eigenvalue weighted by Gasteiger charge is 2.13. The molecule has 1 aromatic rings. The summed E-state index contributed by atoms with van der Waals surface area (Å²) in [4.78, 5) is 11.8. The number of rotatable bonds is 6. The van der Waals surface area contributed by atoms with Crippen molar-refractivity contribution in [3.63, 3.8) is 0 Å². The molecular weight excluding hydrogens is 320 g/mol. The third-order valence-electron chi connectivity index (χ3n) is 3.31. The molecule has 20 heavy (non-hydrogen) atoms. The van der Waals surface area contributed by atoms with E-state index in [4.69, 9.17) is 4.74 Å². The molecular formula is C15H21BrN2O2. The maximum absolute atomic E-state index is 11.8. The van der Waals surface area contributed by atoms with E-state index in [9.17, 15) is 4.79 Å². The third kappa shape index (κ3) is 5.61. The molecule has 0 spiro atoms. The van der Waals surface area contributed by atoms with Crippen LogP contribution in [0.2, 0.25) is 0 Å². The highest BCUT2D eigenvalue weighted by atomic mass is 79.9. The van der Waals surface area contributed by atoms with E-state index in [1.54, 1.807) is 0 Å². The molecule has 0 radical (unpaired) electrons. The predicted octanol–water partition coefficient (Wildman–Crippen LogP) is 2.94. The minimum Gasteiger partial charge on any atom is -0.378 e. The number of amides is 1. The molecule has 2 rings (SSSR count). The number of anilines is 1. The van der Waals surface area contributed by atoms with Crippen LogP contribution in [0.3, 0.4) is 0 Å². The van der Waals surface area contributed by atoms with Gasteiger partial charge >= 0.3 is 0 Å². The Morgan fingerprint density at radius 2 is 2.30 bits per heavy atom. The Labute approximate surface area is 128 Å². The molecule has 110 valence electrons. The van der Waals surface area contributed by atoms with Gasteiger partial charge in [-0.2, -0.15) is 0 Å². The average molecular weight is 341 g/mol. The van der Waals surface area contributed by atoms with Crippen molar-refractivity contribution < 1.29 is 9.53 Å². The first-order chi connectivity index (χ1) is 9.74. The predicted molar refractivity (Wildman–Crippen MR) is 83.8 cm³/mol. The third-order valence-corrected chi connectivity index (χ3v) is 3.80. The van der Waals surface area contributed by atoms with E-state index in [1.807, 2.05) is 24.3 Å². The summed E-state index contributed by atoms with van der Waals surface area (Å²) >= 11 is 3.38. The zero-order valence-electron chi connectivity index (χ0n) is 11.5. The first kappa shape index (κ1) is 15.5. The van der Waals surface area contributed by atoms with Gasteiger partial charge in [0.2, 0.25) is 5.91 Å². The van der Waals surface area contributed by atoms with Crippen LogP contribution in [0.1, 0.15) is 25.7 Å². The monoisotopic (exact) mass is 340 g/mol. The van der Waals surface area contributed by atoms with Gasteiger partial charge in [-0.05, 0) is 50.4 Å². The van der Waals surface area contributed by atoms with Crippen LogP contribution in [0.4, 0.5) is 5.69 Å². The summed E-state index contributed by atoms with van der Waals surface area (Å²) in [6.45, 7) is 2.03. The fourth-order valence-corrected chi connectivity index (χ4v) is 2.67. The Bertz CT molecular complexity index is 434. The van der Waals surface area contributed by atoms with E-state index < -0.39 is 0 Å². The van der Waals surface area contributed by atoms with Gasteiger partial charge < -0.3 is 15.4 Å². The summed E-state index contributed by atoms with van der Waals surface area (Å²) in [5.74, 6) is -0.0207. The molecule has 5 heteroatoms. The lowest BCUT2D eigenvalue weighted by Gasteiger charge is -2.22. The van der Waals surface area contributed by atoms with Crippen LogP contribution in [-0.2, 0) is 9.53 Å². The van der Waals surface area contributed by atoms with E-state index in [1.165, 1.54) is 12.8 Å². The van der Waals surface area contributed by atoms with Crippen LogP contribution in [0, 0.1) is 0 Å². The summed E-state index contributed by atoms with van der Waals surface area (Å²) < 4.78 is 6.60. The second-order valence-corrected chi connectivity index (χ2v) is 5.93. The molecule has 0 aliphatic carbocycles. The summed E-state index contributed by atoms with van der Waals surface area (Å²) in [5.41, 5.74) is 0.807. The van der Waals surface area contributed by atoms with Gasteiger partial charge in [0, 0.05) is 16.8 Å². The Balaban J connectivity index is 1.60. The van der Waals surface area contributed by atoms with Crippen LogP contribution in [-0.4, -0.2) is 31.7 Å². The van der Waals surface area contributed by atoms with E-state index in [-0.39, 0.29) is 5.91 Å². The highest BCUT2D eigenvalue weighted by molar-refractivity contribution is 9.10. The van der Waals surface area contributed by atoms with Crippen LogP contribution >= 0.6 is 15.9 Å². The minimum atomic E-state index is -0.0207. The standard InChI is InChI=1S/C15H21BrN2O2/c16-12-4-3-5-13(10-12)18-15(19)11-17-8-7-14-6-1-2-9-20-14/h3-5,10,14,17H,1-2,6-9,11H2,(H,18,19). The molecule has 0 bridgehead atoms. The number of hydrogen-bond acceptors (Lipinski definition) is 3. The quantitative estimate of drug-likeness (QED) is 0.783. The summed E-state index contributed by atoms with van der Waals surface area (Å²) in [7, 11) is 0. The number of halogens is 1. The van der Waals surface area contributed by atoms with Crippen molar-refractivity contribution in [1.29, 1.82) is 0 Å². The Morgan fingerprint density at radius 1 is 1.40 bits per heavy atom. The molecule has 1 saturated heterocycles. The lowest BCUT2D eigenvalue weighted by molar-refractivity contribution is -0.115. The molecule has 1 aliphatic heterocycles. The molecule has 1 fully saturated rings.